The average Bonchev–Trinajstić information content (AvgIpc) is 2.68. The Morgan fingerprint density at radius 1 is 1.07 bits per heavy atom. The average molecular weight is 364 g/mol. The predicted octanol–water partition coefficient (Wildman–Crippen LogP) is 5.02. The fraction of sp³-hybridized carbons (Fsp3) is 0.458. The molecule has 0 saturated carbocycles. The van der Waals surface area contributed by atoms with Gasteiger partial charge in [-0.25, -0.2) is 0 Å². The third-order valence-corrected chi connectivity index (χ3v) is 6.33. The van der Waals surface area contributed by atoms with Crippen molar-refractivity contribution >= 4 is 5.78 Å². The van der Waals surface area contributed by atoms with Gasteiger partial charge in [0.25, 0.3) is 0 Å². The summed E-state index contributed by atoms with van der Waals surface area (Å²) in [7, 11) is 1.66. The van der Waals surface area contributed by atoms with Crippen LogP contribution in [0.15, 0.2) is 48.5 Å². The number of rotatable bonds is 5. The molecule has 4 rings (SSSR count). The number of hydrogen-bond acceptors (Lipinski definition) is 3. The molecule has 27 heavy (non-hydrogen) atoms. The molecule has 2 aromatic carbocycles. The van der Waals surface area contributed by atoms with Crippen molar-refractivity contribution in [2.75, 3.05) is 7.11 Å². The highest BCUT2D eigenvalue weighted by Gasteiger charge is 2.41. The summed E-state index contributed by atoms with van der Waals surface area (Å²) in [5, 5.41) is 0. The number of nitrogens with zero attached hydrogens (tertiary/aromatic N) is 1. The molecular formula is C24H29NO2. The molecule has 0 aromatic heterocycles. The predicted molar refractivity (Wildman–Crippen MR) is 108 cm³/mol. The van der Waals surface area contributed by atoms with Gasteiger partial charge in [0.2, 0.25) is 0 Å². The first-order chi connectivity index (χ1) is 13.2. The molecule has 2 heterocycles. The molecule has 2 aliphatic rings. The van der Waals surface area contributed by atoms with E-state index in [0.717, 1.165) is 36.3 Å². The van der Waals surface area contributed by atoms with Gasteiger partial charge in [-0.3, -0.25) is 9.69 Å². The Balaban J connectivity index is 1.52. The van der Waals surface area contributed by atoms with Crippen molar-refractivity contribution in [3.05, 3.63) is 65.2 Å². The molecule has 0 radical (unpaired) electrons. The van der Waals surface area contributed by atoms with Gasteiger partial charge in [0.1, 0.15) is 5.75 Å². The molecule has 142 valence electrons. The molecule has 0 spiro atoms. The van der Waals surface area contributed by atoms with Crippen molar-refractivity contribution in [3.63, 3.8) is 0 Å². The van der Waals surface area contributed by atoms with Crippen LogP contribution < -0.4 is 4.74 Å². The lowest BCUT2D eigenvalue weighted by Gasteiger charge is -2.48. The standard InChI is InChI=1S/C24H29NO2/c1-17-11-12-22(23(13-17)27-2)24(26)19-14-20-9-6-10-21(15-19)25(20)16-18-7-4-3-5-8-18/h3-5,7-8,11-13,19-21H,6,9-10,14-16H2,1-2H3. The zero-order chi connectivity index (χ0) is 18.8. The number of piperidine rings is 2. The number of Topliss-reactive ketones (excluding diaryl/α,β-unsaturated/α-hetero) is 1. The molecule has 0 N–H and O–H groups in total. The third kappa shape index (κ3) is 3.79. The maximum absolute atomic E-state index is 13.3. The number of methoxy groups -OCH3 is 1. The van der Waals surface area contributed by atoms with Gasteiger partial charge in [0.15, 0.2) is 5.78 Å². The molecular weight excluding hydrogens is 334 g/mol. The van der Waals surface area contributed by atoms with Gasteiger partial charge < -0.3 is 4.74 Å². The number of fused-ring (bicyclic) bond motifs is 2. The first-order valence-electron chi connectivity index (χ1n) is 10.1. The molecule has 2 atom stereocenters. The minimum Gasteiger partial charge on any atom is -0.496 e. The number of ketones is 1. The summed E-state index contributed by atoms with van der Waals surface area (Å²) in [5.74, 6) is 1.10. The van der Waals surface area contributed by atoms with Gasteiger partial charge in [-0.15, -0.1) is 0 Å². The second kappa shape index (κ2) is 7.85. The minimum absolute atomic E-state index is 0.115. The van der Waals surface area contributed by atoms with Crippen molar-refractivity contribution in [1.29, 1.82) is 0 Å². The lowest BCUT2D eigenvalue weighted by atomic mass is 9.75. The molecule has 2 unspecified atom stereocenters. The molecule has 3 nitrogen and oxygen atoms in total. The molecule has 2 saturated heterocycles. The Morgan fingerprint density at radius 2 is 1.78 bits per heavy atom. The van der Waals surface area contributed by atoms with Gasteiger partial charge in [-0.1, -0.05) is 42.8 Å². The summed E-state index contributed by atoms with van der Waals surface area (Å²) < 4.78 is 5.50. The number of aryl methyl sites for hydroxylation is 1. The smallest absolute Gasteiger partial charge is 0.169 e. The Labute approximate surface area is 162 Å². The number of hydrogen-bond donors (Lipinski definition) is 0. The van der Waals surface area contributed by atoms with E-state index >= 15 is 0 Å². The summed E-state index contributed by atoms with van der Waals surface area (Å²) in [6.45, 7) is 3.04. The first-order valence-corrected chi connectivity index (χ1v) is 10.1. The van der Waals surface area contributed by atoms with Crippen LogP contribution in [0.1, 0.15) is 53.6 Å². The van der Waals surface area contributed by atoms with Crippen LogP contribution >= 0.6 is 0 Å². The number of carbonyl (C=O) groups is 1. The van der Waals surface area contributed by atoms with Crippen LogP contribution in [0.2, 0.25) is 0 Å². The highest BCUT2D eigenvalue weighted by molar-refractivity contribution is 6.00. The number of ether oxygens (including phenoxy) is 1. The highest BCUT2D eigenvalue weighted by Crippen LogP contribution is 2.40. The summed E-state index contributed by atoms with van der Waals surface area (Å²) >= 11 is 0. The van der Waals surface area contributed by atoms with E-state index in [4.69, 9.17) is 4.74 Å². The van der Waals surface area contributed by atoms with Gasteiger partial charge in [-0.2, -0.15) is 0 Å². The van der Waals surface area contributed by atoms with Crippen LogP contribution in [0.25, 0.3) is 0 Å². The third-order valence-electron chi connectivity index (χ3n) is 6.33. The van der Waals surface area contributed by atoms with Gasteiger partial charge in [0, 0.05) is 24.5 Å². The van der Waals surface area contributed by atoms with E-state index in [-0.39, 0.29) is 11.7 Å². The first kappa shape index (κ1) is 18.2. The summed E-state index contributed by atoms with van der Waals surface area (Å²) in [5.41, 5.74) is 3.25. The SMILES string of the molecule is COc1cc(C)ccc1C(=O)C1CC2CCCC(C1)N2Cc1ccccc1. The van der Waals surface area contributed by atoms with E-state index in [1.807, 2.05) is 25.1 Å². The number of carbonyl (C=O) groups excluding carboxylic acids is 1. The van der Waals surface area contributed by atoms with E-state index < -0.39 is 0 Å². The van der Waals surface area contributed by atoms with Gasteiger partial charge >= 0.3 is 0 Å². The fourth-order valence-corrected chi connectivity index (χ4v) is 4.97. The van der Waals surface area contributed by atoms with Crippen molar-refractivity contribution in [2.24, 2.45) is 5.92 Å². The Morgan fingerprint density at radius 3 is 2.44 bits per heavy atom. The molecule has 0 aliphatic carbocycles. The normalized spacial score (nSPS) is 25.2. The molecule has 2 aromatic rings. The second-order valence-electron chi connectivity index (χ2n) is 8.13. The van der Waals surface area contributed by atoms with Crippen LogP contribution in [0, 0.1) is 12.8 Å². The van der Waals surface area contributed by atoms with Crippen molar-refractivity contribution in [2.45, 2.75) is 57.7 Å². The van der Waals surface area contributed by atoms with Crippen molar-refractivity contribution in [1.82, 2.24) is 4.90 Å². The molecule has 3 heteroatoms. The maximum Gasteiger partial charge on any atom is 0.169 e. The monoisotopic (exact) mass is 363 g/mol. The van der Waals surface area contributed by atoms with Gasteiger partial charge in [-0.05, 0) is 55.9 Å². The van der Waals surface area contributed by atoms with Crippen molar-refractivity contribution < 1.29 is 9.53 Å². The zero-order valence-electron chi connectivity index (χ0n) is 16.4. The fourth-order valence-electron chi connectivity index (χ4n) is 4.97. The number of benzene rings is 2. The Hall–Kier alpha value is -2.13. The Kier molecular flexibility index (Phi) is 5.31. The van der Waals surface area contributed by atoms with E-state index in [1.54, 1.807) is 7.11 Å². The van der Waals surface area contributed by atoms with Crippen LogP contribution in [-0.2, 0) is 6.54 Å². The van der Waals surface area contributed by atoms with E-state index in [2.05, 4.69) is 35.2 Å². The van der Waals surface area contributed by atoms with Crippen LogP contribution in [0.4, 0.5) is 0 Å². The van der Waals surface area contributed by atoms with E-state index in [9.17, 15) is 4.79 Å². The van der Waals surface area contributed by atoms with E-state index in [1.165, 1.54) is 24.8 Å². The molecule has 2 bridgehead atoms. The topological polar surface area (TPSA) is 29.5 Å². The zero-order valence-corrected chi connectivity index (χ0v) is 16.4. The highest BCUT2D eigenvalue weighted by atomic mass is 16.5. The largest absolute Gasteiger partial charge is 0.496 e. The minimum atomic E-state index is 0.115. The van der Waals surface area contributed by atoms with Crippen LogP contribution in [0.5, 0.6) is 5.75 Å². The van der Waals surface area contributed by atoms with Crippen molar-refractivity contribution in [3.8, 4) is 5.75 Å². The Bertz CT molecular complexity index is 787. The summed E-state index contributed by atoms with van der Waals surface area (Å²) in [6, 6.07) is 17.7. The van der Waals surface area contributed by atoms with E-state index in [0.29, 0.717) is 12.1 Å². The molecule has 2 aliphatic heterocycles. The summed E-state index contributed by atoms with van der Waals surface area (Å²) in [4.78, 5) is 16.0. The lowest BCUT2D eigenvalue weighted by Crippen LogP contribution is -2.52. The summed E-state index contributed by atoms with van der Waals surface area (Å²) in [6.07, 6.45) is 5.64. The quantitative estimate of drug-likeness (QED) is 0.699. The lowest BCUT2D eigenvalue weighted by molar-refractivity contribution is 0.00899. The van der Waals surface area contributed by atoms with Crippen LogP contribution in [0.3, 0.4) is 0 Å². The molecule has 2 fully saturated rings. The second-order valence-corrected chi connectivity index (χ2v) is 8.13. The van der Waals surface area contributed by atoms with Gasteiger partial charge in [0.05, 0.1) is 12.7 Å². The maximum atomic E-state index is 13.3. The van der Waals surface area contributed by atoms with Crippen LogP contribution in [-0.4, -0.2) is 29.9 Å². The molecule has 0 amide bonds.